The molecule has 0 unspecified atom stereocenters. The van der Waals surface area contributed by atoms with Crippen LogP contribution >= 0.6 is 0 Å². The summed E-state index contributed by atoms with van der Waals surface area (Å²) in [5.74, 6) is 0.566. The fourth-order valence-corrected chi connectivity index (χ4v) is 3.36. The number of carbonyl (C=O) groups is 2. The SMILES string of the molecule is COc1cc(C(=O)NNC(=O)c2ccc(Cn3nnc(-c4ccccc4)n3)cc2)ccc1OC(C)C. The Balaban J connectivity index is 1.33. The standard InChI is InChI=1S/C26H26N6O4/c1-17(2)36-22-14-13-21(15-23(22)35-3)26(34)29-28-25(33)20-11-9-18(10-12-20)16-32-30-24(27-31-32)19-7-5-4-6-8-19/h4-15,17H,16H2,1-3H3,(H,28,33)(H,29,34). The Bertz CT molecular complexity index is 1340. The van der Waals surface area contributed by atoms with Crippen LogP contribution in [0.3, 0.4) is 0 Å². The first-order valence-electron chi connectivity index (χ1n) is 11.3. The number of hydrogen-bond acceptors (Lipinski definition) is 7. The normalized spacial score (nSPS) is 10.7. The molecule has 2 N–H and O–H groups in total. The van der Waals surface area contributed by atoms with Gasteiger partial charge in [0.2, 0.25) is 5.82 Å². The van der Waals surface area contributed by atoms with Gasteiger partial charge in [0.05, 0.1) is 19.8 Å². The Morgan fingerprint density at radius 3 is 2.22 bits per heavy atom. The summed E-state index contributed by atoms with van der Waals surface area (Å²) in [5, 5.41) is 12.6. The summed E-state index contributed by atoms with van der Waals surface area (Å²) in [6.07, 6.45) is -0.0384. The van der Waals surface area contributed by atoms with Crippen molar-refractivity contribution in [3.05, 3.63) is 89.5 Å². The third-order valence-electron chi connectivity index (χ3n) is 5.10. The largest absolute Gasteiger partial charge is 0.493 e. The lowest BCUT2D eigenvalue weighted by atomic mass is 10.1. The highest BCUT2D eigenvalue weighted by Gasteiger charge is 2.14. The Morgan fingerprint density at radius 1 is 0.889 bits per heavy atom. The molecule has 0 saturated carbocycles. The molecule has 36 heavy (non-hydrogen) atoms. The summed E-state index contributed by atoms with van der Waals surface area (Å²) >= 11 is 0. The van der Waals surface area contributed by atoms with E-state index in [1.165, 1.54) is 11.9 Å². The average molecular weight is 487 g/mol. The van der Waals surface area contributed by atoms with Crippen molar-refractivity contribution in [2.24, 2.45) is 0 Å². The molecule has 4 aromatic rings. The van der Waals surface area contributed by atoms with E-state index in [9.17, 15) is 9.59 Å². The van der Waals surface area contributed by atoms with E-state index in [0.717, 1.165) is 11.1 Å². The minimum absolute atomic E-state index is 0.0384. The maximum absolute atomic E-state index is 12.5. The van der Waals surface area contributed by atoms with Crippen LogP contribution in [0.25, 0.3) is 11.4 Å². The summed E-state index contributed by atoms with van der Waals surface area (Å²) in [6.45, 7) is 4.20. The van der Waals surface area contributed by atoms with E-state index in [0.29, 0.717) is 35.0 Å². The van der Waals surface area contributed by atoms with Crippen molar-refractivity contribution in [1.82, 2.24) is 31.1 Å². The molecule has 0 saturated heterocycles. The average Bonchev–Trinajstić information content (AvgIpc) is 3.36. The fourth-order valence-electron chi connectivity index (χ4n) is 3.36. The molecule has 0 aliphatic carbocycles. The first kappa shape index (κ1) is 24.4. The van der Waals surface area contributed by atoms with Gasteiger partial charge in [0, 0.05) is 16.7 Å². The molecule has 0 radical (unpaired) electrons. The number of benzene rings is 3. The minimum atomic E-state index is -0.485. The predicted octanol–water partition coefficient (Wildman–Crippen LogP) is 3.26. The number of rotatable bonds is 8. The molecular weight excluding hydrogens is 460 g/mol. The number of carbonyl (C=O) groups excluding carboxylic acids is 2. The van der Waals surface area contributed by atoms with Crippen molar-refractivity contribution >= 4 is 11.8 Å². The lowest BCUT2D eigenvalue weighted by Crippen LogP contribution is -2.41. The number of hydrazine groups is 1. The lowest BCUT2D eigenvalue weighted by Gasteiger charge is -2.14. The molecule has 184 valence electrons. The highest BCUT2D eigenvalue weighted by Crippen LogP contribution is 2.28. The van der Waals surface area contributed by atoms with Crippen molar-refractivity contribution < 1.29 is 19.1 Å². The zero-order valence-corrected chi connectivity index (χ0v) is 20.1. The number of nitrogens with one attached hydrogen (secondary N) is 2. The van der Waals surface area contributed by atoms with Crippen molar-refractivity contribution in [3.63, 3.8) is 0 Å². The molecule has 2 amide bonds. The summed E-state index contributed by atoms with van der Waals surface area (Å²) in [7, 11) is 1.50. The van der Waals surface area contributed by atoms with Crippen LogP contribution in [0.1, 0.15) is 40.1 Å². The van der Waals surface area contributed by atoms with E-state index < -0.39 is 11.8 Å². The topological polar surface area (TPSA) is 120 Å². The van der Waals surface area contributed by atoms with Crippen molar-refractivity contribution in [2.75, 3.05) is 7.11 Å². The van der Waals surface area contributed by atoms with Gasteiger partial charge >= 0.3 is 0 Å². The van der Waals surface area contributed by atoms with Gasteiger partial charge in [0.25, 0.3) is 11.8 Å². The smallest absolute Gasteiger partial charge is 0.269 e. The second-order valence-electron chi connectivity index (χ2n) is 8.15. The number of methoxy groups -OCH3 is 1. The van der Waals surface area contributed by atoms with E-state index in [2.05, 4.69) is 26.3 Å². The van der Waals surface area contributed by atoms with Crippen molar-refractivity contribution in [2.45, 2.75) is 26.5 Å². The molecule has 10 heteroatoms. The third kappa shape index (κ3) is 6.03. The van der Waals surface area contributed by atoms with Gasteiger partial charge in [-0.05, 0) is 55.0 Å². The van der Waals surface area contributed by atoms with Crippen LogP contribution < -0.4 is 20.3 Å². The molecule has 10 nitrogen and oxygen atoms in total. The maximum atomic E-state index is 12.5. The van der Waals surface area contributed by atoms with E-state index in [1.54, 1.807) is 42.5 Å². The summed E-state index contributed by atoms with van der Waals surface area (Å²) in [4.78, 5) is 26.5. The van der Waals surface area contributed by atoms with Crippen molar-refractivity contribution in [1.29, 1.82) is 0 Å². The molecule has 0 fully saturated rings. The molecule has 0 spiro atoms. The van der Waals surface area contributed by atoms with Gasteiger partial charge in [-0.2, -0.15) is 4.80 Å². The molecule has 0 bridgehead atoms. The number of ether oxygens (including phenoxy) is 2. The van der Waals surface area contributed by atoms with Gasteiger partial charge in [-0.25, -0.2) is 0 Å². The van der Waals surface area contributed by atoms with Crippen LogP contribution in [-0.2, 0) is 6.54 Å². The Morgan fingerprint density at radius 2 is 1.56 bits per heavy atom. The molecule has 0 aliphatic heterocycles. The summed E-state index contributed by atoms with van der Waals surface area (Å²) in [5.41, 5.74) is 7.31. The molecule has 4 rings (SSSR count). The fraction of sp³-hybridized carbons (Fsp3) is 0.192. The number of aromatic nitrogens is 4. The van der Waals surface area contributed by atoms with Crippen LogP contribution in [-0.4, -0.2) is 45.2 Å². The molecule has 3 aromatic carbocycles. The highest BCUT2D eigenvalue weighted by atomic mass is 16.5. The van der Waals surface area contributed by atoms with Crippen molar-refractivity contribution in [3.8, 4) is 22.9 Å². The Kier molecular flexibility index (Phi) is 7.54. The highest BCUT2D eigenvalue weighted by molar-refractivity contribution is 5.99. The lowest BCUT2D eigenvalue weighted by molar-refractivity contribution is 0.0846. The van der Waals surface area contributed by atoms with Crippen LogP contribution in [0.2, 0.25) is 0 Å². The second-order valence-corrected chi connectivity index (χ2v) is 8.15. The van der Waals surface area contributed by atoms with Crippen LogP contribution in [0, 0.1) is 0 Å². The molecule has 0 atom stereocenters. The minimum Gasteiger partial charge on any atom is -0.493 e. The molecule has 1 aromatic heterocycles. The number of amides is 2. The van der Waals surface area contributed by atoms with E-state index in [1.807, 2.05) is 44.2 Å². The zero-order chi connectivity index (χ0) is 25.5. The molecule has 1 heterocycles. The third-order valence-corrected chi connectivity index (χ3v) is 5.10. The van der Waals surface area contributed by atoms with Crippen LogP contribution in [0.15, 0.2) is 72.8 Å². The van der Waals surface area contributed by atoms with Gasteiger partial charge in [-0.15, -0.1) is 10.2 Å². The Labute approximate surface area is 208 Å². The van der Waals surface area contributed by atoms with Gasteiger partial charge < -0.3 is 9.47 Å². The Hall–Kier alpha value is -4.73. The first-order valence-corrected chi connectivity index (χ1v) is 11.3. The van der Waals surface area contributed by atoms with E-state index in [-0.39, 0.29) is 6.10 Å². The monoisotopic (exact) mass is 486 g/mol. The van der Waals surface area contributed by atoms with E-state index >= 15 is 0 Å². The predicted molar refractivity (Wildman–Crippen MR) is 132 cm³/mol. The first-order chi connectivity index (χ1) is 17.4. The van der Waals surface area contributed by atoms with Crippen LogP contribution in [0.5, 0.6) is 11.5 Å². The van der Waals surface area contributed by atoms with Gasteiger partial charge in [-0.1, -0.05) is 42.5 Å². The summed E-state index contributed by atoms with van der Waals surface area (Å²) < 4.78 is 11.0. The van der Waals surface area contributed by atoms with Gasteiger partial charge in [0.15, 0.2) is 11.5 Å². The van der Waals surface area contributed by atoms with Crippen LogP contribution in [0.4, 0.5) is 0 Å². The van der Waals surface area contributed by atoms with Gasteiger partial charge in [0.1, 0.15) is 0 Å². The number of tetrazole rings is 1. The molecule has 0 aliphatic rings. The summed E-state index contributed by atoms with van der Waals surface area (Å²) in [6, 6.07) is 21.3. The second kappa shape index (κ2) is 11.1. The number of hydrogen-bond donors (Lipinski definition) is 2. The molecular formula is C26H26N6O4. The quantitative estimate of drug-likeness (QED) is 0.367. The number of nitrogens with zero attached hydrogens (tertiary/aromatic N) is 4. The maximum Gasteiger partial charge on any atom is 0.269 e. The zero-order valence-electron chi connectivity index (χ0n) is 20.1. The van der Waals surface area contributed by atoms with E-state index in [4.69, 9.17) is 9.47 Å². The van der Waals surface area contributed by atoms with Gasteiger partial charge in [-0.3, -0.25) is 20.4 Å².